The molecule has 2 aliphatic rings. The molecule has 3 rings (SSSR count). The highest BCUT2D eigenvalue weighted by molar-refractivity contribution is 6.47. The van der Waals surface area contributed by atoms with Crippen LogP contribution in [0.25, 0.3) is 0 Å². The first-order valence-corrected chi connectivity index (χ1v) is 9.39. The van der Waals surface area contributed by atoms with E-state index in [4.69, 9.17) is 10.4 Å². The molecule has 1 aromatic carbocycles. The number of carboxylic acids is 1. The van der Waals surface area contributed by atoms with Gasteiger partial charge >= 0.3 is 13.1 Å². The standard InChI is InChI=1S/C19H26BNO5/c21-11-13-6-4-12(5-7-13)8-16(22)10-15-9-14-2-1-3-17(19(23)24)18(14)26-20(15)25/h1-3,12-13,15,25H,4-11,21H2,(H,23,24)/t12?,13?,15-/m1/s1. The summed E-state index contributed by atoms with van der Waals surface area (Å²) < 4.78 is 5.46. The summed E-state index contributed by atoms with van der Waals surface area (Å²) in [5, 5.41) is 19.5. The van der Waals surface area contributed by atoms with Gasteiger partial charge in [-0.05, 0) is 62.1 Å². The Labute approximate surface area is 153 Å². The maximum atomic E-state index is 12.5. The second kappa shape index (κ2) is 8.23. The lowest BCUT2D eigenvalue weighted by molar-refractivity contribution is -0.120. The Kier molecular flexibility index (Phi) is 5.99. The van der Waals surface area contributed by atoms with Crippen LogP contribution in [0, 0.1) is 11.8 Å². The number of carbonyl (C=O) groups is 2. The van der Waals surface area contributed by atoms with Crippen molar-refractivity contribution in [1.82, 2.24) is 0 Å². The highest BCUT2D eigenvalue weighted by atomic mass is 16.5. The van der Waals surface area contributed by atoms with Gasteiger partial charge in [-0.3, -0.25) is 4.79 Å². The Bertz CT molecular complexity index is 672. The van der Waals surface area contributed by atoms with Gasteiger partial charge in [-0.25, -0.2) is 4.79 Å². The minimum atomic E-state index is -1.15. The summed E-state index contributed by atoms with van der Waals surface area (Å²) in [6, 6.07) is 4.91. The van der Waals surface area contributed by atoms with Crippen LogP contribution in [-0.4, -0.2) is 35.5 Å². The molecule has 0 radical (unpaired) electrons. The van der Waals surface area contributed by atoms with Gasteiger partial charge in [0.2, 0.25) is 0 Å². The molecule has 0 spiro atoms. The number of ketones is 1. The predicted molar refractivity (Wildman–Crippen MR) is 98.2 cm³/mol. The minimum absolute atomic E-state index is 0.0444. The molecule has 6 nitrogen and oxygen atoms in total. The third-order valence-corrected chi connectivity index (χ3v) is 5.76. The highest BCUT2D eigenvalue weighted by Crippen LogP contribution is 2.37. The van der Waals surface area contributed by atoms with Crippen LogP contribution in [0.4, 0.5) is 0 Å². The zero-order valence-corrected chi connectivity index (χ0v) is 14.9. The molecule has 1 aromatic rings. The summed E-state index contributed by atoms with van der Waals surface area (Å²) in [5.41, 5.74) is 6.49. The van der Waals surface area contributed by atoms with Crippen molar-refractivity contribution in [3.8, 4) is 5.75 Å². The van der Waals surface area contributed by atoms with Crippen LogP contribution in [0.15, 0.2) is 18.2 Å². The van der Waals surface area contributed by atoms with Crippen LogP contribution in [0.3, 0.4) is 0 Å². The predicted octanol–water partition coefficient (Wildman–Crippen LogP) is 2.28. The van der Waals surface area contributed by atoms with E-state index in [0.717, 1.165) is 37.8 Å². The quantitative estimate of drug-likeness (QED) is 0.673. The normalized spacial score (nSPS) is 25.3. The molecule has 4 N–H and O–H groups in total. The zero-order valence-electron chi connectivity index (χ0n) is 14.9. The third kappa shape index (κ3) is 4.27. The summed E-state index contributed by atoms with van der Waals surface area (Å²) in [4.78, 5) is 23.8. The van der Waals surface area contributed by atoms with Crippen molar-refractivity contribution >= 4 is 18.9 Å². The molecule has 1 atom stereocenters. The van der Waals surface area contributed by atoms with E-state index in [1.807, 2.05) is 0 Å². The number of para-hydroxylation sites is 1. The first kappa shape index (κ1) is 18.9. The number of nitrogens with two attached hydrogens (primary N) is 1. The van der Waals surface area contributed by atoms with E-state index in [1.165, 1.54) is 6.07 Å². The van der Waals surface area contributed by atoms with Gasteiger partial charge < -0.3 is 20.5 Å². The molecule has 0 amide bonds. The largest absolute Gasteiger partial charge is 0.535 e. The molecule has 0 saturated heterocycles. The molecule has 1 heterocycles. The lowest BCUT2D eigenvalue weighted by Gasteiger charge is -2.29. The van der Waals surface area contributed by atoms with E-state index in [2.05, 4.69) is 0 Å². The summed E-state index contributed by atoms with van der Waals surface area (Å²) in [7, 11) is -1.15. The van der Waals surface area contributed by atoms with Gasteiger partial charge in [0.25, 0.3) is 0 Å². The Morgan fingerprint density at radius 3 is 2.50 bits per heavy atom. The molecule has 1 aliphatic heterocycles. The Morgan fingerprint density at radius 1 is 1.15 bits per heavy atom. The van der Waals surface area contributed by atoms with E-state index in [1.54, 1.807) is 12.1 Å². The van der Waals surface area contributed by atoms with Crippen LogP contribution in [-0.2, 0) is 11.2 Å². The Morgan fingerprint density at radius 2 is 1.85 bits per heavy atom. The van der Waals surface area contributed by atoms with Crippen molar-refractivity contribution < 1.29 is 24.4 Å². The summed E-state index contributed by atoms with van der Waals surface area (Å²) in [6.07, 6.45) is 5.52. The van der Waals surface area contributed by atoms with Crippen molar-refractivity contribution in [3.63, 3.8) is 0 Å². The number of benzene rings is 1. The number of carbonyl (C=O) groups excluding carboxylic acids is 1. The zero-order chi connectivity index (χ0) is 18.7. The summed E-state index contributed by atoms with van der Waals surface area (Å²) in [6.45, 7) is 0.726. The molecular formula is C19H26BNO5. The van der Waals surface area contributed by atoms with Gasteiger partial charge in [0.1, 0.15) is 11.5 Å². The van der Waals surface area contributed by atoms with E-state index in [9.17, 15) is 19.7 Å². The second-order valence-corrected chi connectivity index (χ2v) is 7.64. The number of Topliss-reactive ketones (excluding diaryl/α,β-unsaturated/α-hetero) is 1. The molecule has 26 heavy (non-hydrogen) atoms. The maximum absolute atomic E-state index is 12.5. The third-order valence-electron chi connectivity index (χ3n) is 5.76. The SMILES string of the molecule is NCC1CCC(CC(=O)C[C@H]2Cc3cccc(C(=O)O)c3OB2O)CC1. The molecule has 0 bridgehead atoms. The van der Waals surface area contributed by atoms with Crippen molar-refractivity contribution in [2.24, 2.45) is 17.6 Å². The van der Waals surface area contributed by atoms with Gasteiger partial charge in [0.15, 0.2) is 0 Å². The van der Waals surface area contributed by atoms with Gasteiger partial charge in [0.05, 0.1) is 5.56 Å². The molecule has 0 aromatic heterocycles. The Balaban J connectivity index is 1.58. The van der Waals surface area contributed by atoms with Crippen molar-refractivity contribution in [3.05, 3.63) is 29.3 Å². The number of carboxylic acid groups (broad SMARTS) is 1. The van der Waals surface area contributed by atoms with E-state index < -0.39 is 13.1 Å². The van der Waals surface area contributed by atoms with Gasteiger partial charge in [-0.2, -0.15) is 0 Å². The molecule has 1 saturated carbocycles. The topological polar surface area (TPSA) is 110 Å². The van der Waals surface area contributed by atoms with Crippen LogP contribution in [0.5, 0.6) is 5.75 Å². The van der Waals surface area contributed by atoms with Crippen molar-refractivity contribution in [2.75, 3.05) is 6.54 Å². The van der Waals surface area contributed by atoms with Gasteiger partial charge in [-0.15, -0.1) is 0 Å². The molecule has 1 fully saturated rings. The number of hydrogen-bond donors (Lipinski definition) is 3. The first-order valence-electron chi connectivity index (χ1n) is 9.39. The van der Waals surface area contributed by atoms with E-state index >= 15 is 0 Å². The van der Waals surface area contributed by atoms with Crippen molar-refractivity contribution in [1.29, 1.82) is 0 Å². The van der Waals surface area contributed by atoms with Crippen LogP contribution < -0.4 is 10.4 Å². The van der Waals surface area contributed by atoms with E-state index in [-0.39, 0.29) is 29.3 Å². The lowest BCUT2D eigenvalue weighted by Crippen LogP contribution is -2.36. The maximum Gasteiger partial charge on any atom is 0.526 e. The van der Waals surface area contributed by atoms with Crippen LogP contribution >= 0.6 is 0 Å². The molecular weight excluding hydrogens is 333 g/mol. The molecule has 140 valence electrons. The fourth-order valence-corrected chi connectivity index (χ4v) is 4.20. The Hall–Kier alpha value is -1.86. The fraction of sp³-hybridized carbons (Fsp3) is 0.579. The van der Waals surface area contributed by atoms with Crippen LogP contribution in [0.2, 0.25) is 5.82 Å². The number of rotatable bonds is 6. The number of fused-ring (bicyclic) bond motifs is 1. The van der Waals surface area contributed by atoms with Crippen LogP contribution in [0.1, 0.15) is 54.4 Å². The first-order chi connectivity index (χ1) is 12.5. The number of hydrogen-bond acceptors (Lipinski definition) is 5. The monoisotopic (exact) mass is 359 g/mol. The molecule has 0 unspecified atom stereocenters. The molecule has 1 aliphatic carbocycles. The summed E-state index contributed by atoms with van der Waals surface area (Å²) >= 11 is 0. The minimum Gasteiger partial charge on any atom is -0.535 e. The highest BCUT2D eigenvalue weighted by Gasteiger charge is 2.38. The van der Waals surface area contributed by atoms with Crippen molar-refractivity contribution in [2.45, 2.75) is 50.8 Å². The summed E-state index contributed by atoms with van der Waals surface area (Å²) in [5.74, 6) is -0.0493. The van der Waals surface area contributed by atoms with Gasteiger partial charge in [-0.1, -0.05) is 12.1 Å². The lowest BCUT2D eigenvalue weighted by atomic mass is 9.64. The smallest absolute Gasteiger partial charge is 0.526 e. The second-order valence-electron chi connectivity index (χ2n) is 7.64. The average molecular weight is 359 g/mol. The van der Waals surface area contributed by atoms with Gasteiger partial charge in [0, 0.05) is 18.7 Å². The van der Waals surface area contributed by atoms with E-state index in [0.29, 0.717) is 24.7 Å². The fourth-order valence-electron chi connectivity index (χ4n) is 4.20. The average Bonchev–Trinajstić information content (AvgIpc) is 2.62. The molecule has 7 heteroatoms. The number of aromatic carboxylic acids is 1.